The summed E-state index contributed by atoms with van der Waals surface area (Å²) in [5, 5.41) is 10.4. The Morgan fingerprint density at radius 1 is 1.07 bits per heavy atom. The number of aromatic nitrogens is 3. The maximum Gasteiger partial charge on any atom is 0.258 e. The fraction of sp³-hybridized carbons (Fsp3) is 0.450. The van der Waals surface area contributed by atoms with Crippen molar-refractivity contribution in [1.29, 1.82) is 0 Å². The van der Waals surface area contributed by atoms with Gasteiger partial charge in [0.05, 0.1) is 23.3 Å². The summed E-state index contributed by atoms with van der Waals surface area (Å²) in [5.41, 5.74) is 1.05. The third kappa shape index (κ3) is 3.38. The van der Waals surface area contributed by atoms with Gasteiger partial charge in [-0.2, -0.15) is 0 Å². The molecule has 1 aromatic carbocycles. The molecular weight excluding hydrogens is 374 g/mol. The molecular formula is C20H23N5O2S. The lowest BCUT2D eigenvalue weighted by Crippen LogP contribution is -2.54. The zero-order chi connectivity index (χ0) is 18.9. The number of anilines is 2. The maximum atomic E-state index is 9.35. The number of aliphatic hydroxyl groups is 1. The Kier molecular flexibility index (Phi) is 4.74. The predicted octanol–water partition coefficient (Wildman–Crippen LogP) is 2.56. The van der Waals surface area contributed by atoms with E-state index < -0.39 is 0 Å². The topological polar surface area (TPSA) is 74.6 Å². The van der Waals surface area contributed by atoms with Gasteiger partial charge >= 0.3 is 0 Å². The van der Waals surface area contributed by atoms with Crippen LogP contribution < -0.4 is 14.5 Å². The van der Waals surface area contributed by atoms with Gasteiger partial charge in [-0.25, -0.2) is 15.0 Å². The second kappa shape index (κ2) is 7.52. The summed E-state index contributed by atoms with van der Waals surface area (Å²) in [7, 11) is 0. The van der Waals surface area contributed by atoms with E-state index >= 15 is 0 Å². The molecule has 0 bridgehead atoms. The van der Waals surface area contributed by atoms with Crippen molar-refractivity contribution >= 4 is 32.5 Å². The Morgan fingerprint density at radius 2 is 1.86 bits per heavy atom. The van der Waals surface area contributed by atoms with Crippen LogP contribution in [0, 0.1) is 5.92 Å². The highest BCUT2D eigenvalue weighted by Crippen LogP contribution is 2.33. The zero-order valence-electron chi connectivity index (χ0n) is 15.6. The molecule has 0 atom stereocenters. The number of ether oxygens (including phenoxy) is 1. The van der Waals surface area contributed by atoms with Crippen molar-refractivity contribution in [2.24, 2.45) is 5.92 Å². The van der Waals surface area contributed by atoms with Gasteiger partial charge in [0.2, 0.25) is 0 Å². The molecule has 5 rings (SSSR count). The summed E-state index contributed by atoms with van der Waals surface area (Å²) in [6.45, 7) is 3.64. The Morgan fingerprint density at radius 3 is 2.64 bits per heavy atom. The van der Waals surface area contributed by atoms with Crippen LogP contribution >= 0.6 is 11.3 Å². The van der Waals surface area contributed by atoms with Crippen molar-refractivity contribution in [2.75, 3.05) is 42.6 Å². The SMILES string of the molecule is OCC1CCN(c2nccnc2OC2CN(c3nc4ccccc4s3)C2)CC1. The number of aliphatic hydroxyl groups excluding tert-OH is 1. The van der Waals surface area contributed by atoms with Crippen molar-refractivity contribution in [3.05, 3.63) is 36.7 Å². The number of benzene rings is 1. The molecule has 0 radical (unpaired) electrons. The van der Waals surface area contributed by atoms with Crippen molar-refractivity contribution in [3.63, 3.8) is 0 Å². The Balaban J connectivity index is 1.23. The molecule has 0 saturated carbocycles. The molecule has 7 nitrogen and oxygen atoms in total. The van der Waals surface area contributed by atoms with E-state index in [4.69, 9.17) is 9.72 Å². The molecule has 0 spiro atoms. The first kappa shape index (κ1) is 17.6. The van der Waals surface area contributed by atoms with E-state index in [-0.39, 0.29) is 12.7 Å². The van der Waals surface area contributed by atoms with Crippen molar-refractivity contribution < 1.29 is 9.84 Å². The number of thiazole rings is 1. The van der Waals surface area contributed by atoms with Gasteiger partial charge in [-0.1, -0.05) is 23.5 Å². The minimum atomic E-state index is 0.0949. The number of nitrogens with zero attached hydrogens (tertiary/aromatic N) is 5. The fourth-order valence-electron chi connectivity index (χ4n) is 3.77. The van der Waals surface area contributed by atoms with Crippen LogP contribution in [0.3, 0.4) is 0 Å². The van der Waals surface area contributed by atoms with Crippen molar-refractivity contribution in [3.8, 4) is 5.88 Å². The molecule has 2 aliphatic rings. The van der Waals surface area contributed by atoms with E-state index in [1.165, 1.54) is 4.70 Å². The summed E-state index contributed by atoms with van der Waals surface area (Å²) < 4.78 is 7.40. The van der Waals surface area contributed by atoms with Crippen LogP contribution in [0.15, 0.2) is 36.7 Å². The van der Waals surface area contributed by atoms with Gasteiger partial charge in [0.25, 0.3) is 5.88 Å². The van der Waals surface area contributed by atoms with Crippen LogP contribution in [0.2, 0.25) is 0 Å². The second-order valence-corrected chi connectivity index (χ2v) is 8.42. The number of rotatable bonds is 5. The van der Waals surface area contributed by atoms with Crippen molar-refractivity contribution in [2.45, 2.75) is 18.9 Å². The Bertz CT molecular complexity index is 917. The number of piperidine rings is 1. The maximum absolute atomic E-state index is 9.35. The number of hydrogen-bond acceptors (Lipinski definition) is 8. The minimum absolute atomic E-state index is 0.0949. The third-order valence-electron chi connectivity index (χ3n) is 5.50. The van der Waals surface area contributed by atoms with Crippen LogP contribution in [0.1, 0.15) is 12.8 Å². The minimum Gasteiger partial charge on any atom is -0.468 e. The number of fused-ring (bicyclic) bond motifs is 1. The van der Waals surface area contributed by atoms with Crippen LogP contribution in [-0.4, -0.2) is 58.9 Å². The zero-order valence-corrected chi connectivity index (χ0v) is 16.4. The Hall–Kier alpha value is -2.45. The first-order valence-corrected chi connectivity index (χ1v) is 10.6. The molecule has 0 unspecified atom stereocenters. The first-order chi connectivity index (χ1) is 13.8. The highest BCUT2D eigenvalue weighted by atomic mass is 32.1. The molecule has 1 N–H and O–H groups in total. The summed E-state index contributed by atoms with van der Waals surface area (Å²) in [5.74, 6) is 1.82. The van der Waals surface area contributed by atoms with Gasteiger partial charge < -0.3 is 19.6 Å². The summed E-state index contributed by atoms with van der Waals surface area (Å²) >= 11 is 1.72. The lowest BCUT2D eigenvalue weighted by Gasteiger charge is -2.39. The molecule has 3 aromatic rings. The Labute approximate surface area is 167 Å². The number of hydrogen-bond donors (Lipinski definition) is 1. The largest absolute Gasteiger partial charge is 0.468 e. The van der Waals surface area contributed by atoms with Gasteiger partial charge in [0.1, 0.15) is 6.10 Å². The van der Waals surface area contributed by atoms with Crippen LogP contribution in [-0.2, 0) is 0 Å². The van der Waals surface area contributed by atoms with Crippen LogP contribution in [0.25, 0.3) is 10.2 Å². The average Bonchev–Trinajstić information content (AvgIpc) is 3.14. The molecule has 2 aromatic heterocycles. The lowest BCUT2D eigenvalue weighted by atomic mass is 9.98. The van der Waals surface area contributed by atoms with E-state index in [1.54, 1.807) is 23.7 Å². The molecule has 28 heavy (non-hydrogen) atoms. The van der Waals surface area contributed by atoms with Gasteiger partial charge in [0, 0.05) is 32.1 Å². The monoisotopic (exact) mass is 397 g/mol. The quantitative estimate of drug-likeness (QED) is 0.709. The molecule has 2 aliphatic heterocycles. The third-order valence-corrected chi connectivity index (χ3v) is 6.60. The summed E-state index contributed by atoms with van der Waals surface area (Å²) in [6, 6.07) is 8.23. The van der Waals surface area contributed by atoms with E-state index in [1.807, 2.05) is 12.1 Å². The van der Waals surface area contributed by atoms with Crippen molar-refractivity contribution in [1.82, 2.24) is 15.0 Å². The molecule has 4 heterocycles. The number of para-hydroxylation sites is 1. The summed E-state index contributed by atoms with van der Waals surface area (Å²) in [6.07, 6.45) is 5.44. The van der Waals surface area contributed by atoms with Gasteiger partial charge in [0.15, 0.2) is 10.9 Å². The van der Waals surface area contributed by atoms with E-state index in [9.17, 15) is 5.11 Å². The fourth-order valence-corrected chi connectivity index (χ4v) is 4.75. The lowest BCUT2D eigenvalue weighted by molar-refractivity contribution is 0.159. The van der Waals surface area contributed by atoms with Crippen LogP contribution in [0.5, 0.6) is 5.88 Å². The highest BCUT2D eigenvalue weighted by molar-refractivity contribution is 7.22. The van der Waals surface area contributed by atoms with Gasteiger partial charge in [-0.05, 0) is 30.9 Å². The first-order valence-electron chi connectivity index (χ1n) is 9.74. The van der Waals surface area contributed by atoms with Crippen LogP contribution in [0.4, 0.5) is 10.9 Å². The molecule has 0 amide bonds. The normalized spacial score (nSPS) is 18.5. The average molecular weight is 398 g/mol. The van der Waals surface area contributed by atoms with E-state index in [2.05, 4.69) is 31.9 Å². The second-order valence-electron chi connectivity index (χ2n) is 7.41. The van der Waals surface area contributed by atoms with Gasteiger partial charge in [-0.3, -0.25) is 0 Å². The molecule has 0 aliphatic carbocycles. The van der Waals surface area contributed by atoms with E-state index in [0.29, 0.717) is 11.8 Å². The molecule has 146 valence electrons. The van der Waals surface area contributed by atoms with E-state index in [0.717, 1.165) is 55.5 Å². The standard InChI is InChI=1S/C20H23N5O2S/c26-13-14-5-9-24(10-6-14)18-19(22-8-7-21-18)27-15-11-25(12-15)20-23-16-3-1-2-4-17(16)28-20/h1-4,7-8,14-15,26H,5-6,9-13H2. The predicted molar refractivity (Wildman–Crippen MR) is 110 cm³/mol. The molecule has 8 heteroatoms. The van der Waals surface area contributed by atoms with Gasteiger partial charge in [-0.15, -0.1) is 0 Å². The molecule has 2 fully saturated rings. The highest BCUT2D eigenvalue weighted by Gasteiger charge is 2.32. The smallest absolute Gasteiger partial charge is 0.258 e. The summed E-state index contributed by atoms with van der Waals surface area (Å²) in [4.78, 5) is 18.1. The molecule has 2 saturated heterocycles.